The van der Waals surface area contributed by atoms with Gasteiger partial charge in [0.15, 0.2) is 18.1 Å². The van der Waals surface area contributed by atoms with E-state index in [1.54, 1.807) is 0 Å². The van der Waals surface area contributed by atoms with Crippen LogP contribution in [0.1, 0.15) is 60.8 Å². The number of carbonyl (C=O) groups is 2. The van der Waals surface area contributed by atoms with Crippen molar-refractivity contribution in [2.75, 3.05) is 13.4 Å². The molecule has 2 heterocycles. The van der Waals surface area contributed by atoms with Gasteiger partial charge in [-0.25, -0.2) is 9.78 Å². The molecule has 0 bridgehead atoms. The van der Waals surface area contributed by atoms with Gasteiger partial charge < -0.3 is 19.5 Å². The average Bonchev–Trinajstić information content (AvgIpc) is 3.28. The van der Waals surface area contributed by atoms with E-state index in [1.165, 1.54) is 0 Å². The number of benzene rings is 2. The minimum atomic E-state index is -0.506. The summed E-state index contributed by atoms with van der Waals surface area (Å²) in [5, 5.41) is 3.55. The second-order valence-electron chi connectivity index (χ2n) is 9.84. The molecule has 2 aliphatic rings. The second kappa shape index (κ2) is 9.06. The highest BCUT2D eigenvalue weighted by Crippen LogP contribution is 2.38. The molecule has 0 saturated heterocycles. The van der Waals surface area contributed by atoms with Crippen LogP contribution in [0.3, 0.4) is 0 Å². The summed E-state index contributed by atoms with van der Waals surface area (Å²) in [5.74, 6) is 0.621. The van der Waals surface area contributed by atoms with E-state index in [1.807, 2.05) is 63.2 Å². The second-order valence-corrected chi connectivity index (χ2v) is 9.84. The number of aromatic nitrogens is 1. The van der Waals surface area contributed by atoms with Crippen LogP contribution < -0.4 is 14.8 Å². The van der Waals surface area contributed by atoms with Crippen LogP contribution in [0.25, 0.3) is 22.6 Å². The molecule has 1 aliphatic heterocycles. The zero-order chi connectivity index (χ0) is 24.6. The highest BCUT2D eigenvalue weighted by Gasteiger charge is 2.27. The lowest BCUT2D eigenvalue weighted by molar-refractivity contribution is -0.125. The standard InChI is InChI=1S/C28H28N2O5/c1-28(2,3)30-24(31)15-33-27(32)25-19-8-4-5-10-21(19)29-26-18(7-6-9-20(25)26)13-17-11-12-22-23(14-17)35-16-34-22/h4-5,8,10-14H,6-7,9,15-16H2,1-3H3,(H,30,31). The lowest BCUT2D eigenvalue weighted by Gasteiger charge is -2.23. The predicted molar refractivity (Wildman–Crippen MR) is 133 cm³/mol. The first kappa shape index (κ1) is 22.9. The topological polar surface area (TPSA) is 86.8 Å². The molecule has 0 atom stereocenters. The van der Waals surface area contributed by atoms with E-state index in [-0.39, 0.29) is 19.3 Å². The van der Waals surface area contributed by atoms with Gasteiger partial charge in [0.1, 0.15) is 0 Å². The first-order valence-electron chi connectivity index (χ1n) is 11.8. The maximum absolute atomic E-state index is 13.3. The van der Waals surface area contributed by atoms with Gasteiger partial charge in [-0.3, -0.25) is 4.79 Å². The van der Waals surface area contributed by atoms with Gasteiger partial charge in [-0.15, -0.1) is 0 Å². The summed E-state index contributed by atoms with van der Waals surface area (Å²) in [4.78, 5) is 30.5. The molecular weight excluding hydrogens is 444 g/mol. The molecule has 0 spiro atoms. The van der Waals surface area contributed by atoms with Crippen LogP contribution >= 0.6 is 0 Å². The van der Waals surface area contributed by atoms with E-state index >= 15 is 0 Å². The van der Waals surface area contributed by atoms with Crippen molar-refractivity contribution in [1.29, 1.82) is 0 Å². The van der Waals surface area contributed by atoms with Crippen LogP contribution in [-0.4, -0.2) is 35.8 Å². The molecule has 1 aliphatic carbocycles. The molecule has 0 fully saturated rings. The van der Waals surface area contributed by atoms with Crippen molar-refractivity contribution >= 4 is 34.4 Å². The molecule has 7 nitrogen and oxygen atoms in total. The van der Waals surface area contributed by atoms with Crippen molar-refractivity contribution in [2.45, 2.75) is 45.6 Å². The SMILES string of the molecule is CC(C)(C)NC(=O)COC(=O)c1c2c(nc3ccccc13)C(=Cc1ccc3c(c1)OCO3)CCC2. The van der Waals surface area contributed by atoms with E-state index in [4.69, 9.17) is 19.2 Å². The molecular formula is C28H28N2O5. The predicted octanol–water partition coefficient (Wildman–Crippen LogP) is 4.91. The fourth-order valence-corrected chi connectivity index (χ4v) is 4.57. The summed E-state index contributed by atoms with van der Waals surface area (Å²) in [6, 6.07) is 13.4. The zero-order valence-electron chi connectivity index (χ0n) is 20.1. The highest BCUT2D eigenvalue weighted by molar-refractivity contribution is 6.07. The highest BCUT2D eigenvalue weighted by atomic mass is 16.7. The van der Waals surface area contributed by atoms with Gasteiger partial charge >= 0.3 is 5.97 Å². The molecule has 1 amide bonds. The minimum absolute atomic E-state index is 0.227. The first-order valence-corrected chi connectivity index (χ1v) is 11.8. The maximum atomic E-state index is 13.3. The molecule has 180 valence electrons. The number of rotatable bonds is 4. The summed E-state index contributed by atoms with van der Waals surface area (Å²) >= 11 is 0. The third-order valence-corrected chi connectivity index (χ3v) is 5.96. The Morgan fingerprint density at radius 2 is 1.89 bits per heavy atom. The summed E-state index contributed by atoms with van der Waals surface area (Å²) in [5.41, 5.74) is 4.51. The Balaban J connectivity index is 1.52. The molecule has 35 heavy (non-hydrogen) atoms. The number of nitrogens with zero attached hydrogens (tertiary/aromatic N) is 1. The number of nitrogens with one attached hydrogen (secondary N) is 1. The van der Waals surface area contributed by atoms with Gasteiger partial charge in [0, 0.05) is 10.9 Å². The van der Waals surface area contributed by atoms with E-state index < -0.39 is 11.5 Å². The molecule has 3 aromatic rings. The number of carbonyl (C=O) groups excluding carboxylic acids is 2. The summed E-state index contributed by atoms with van der Waals surface area (Å²) < 4.78 is 16.4. The van der Waals surface area contributed by atoms with Gasteiger partial charge in [-0.2, -0.15) is 0 Å². The van der Waals surface area contributed by atoms with Crippen LogP contribution in [0, 0.1) is 0 Å². The Labute approximate surface area is 204 Å². The van der Waals surface area contributed by atoms with Gasteiger partial charge in [-0.1, -0.05) is 24.3 Å². The van der Waals surface area contributed by atoms with Crippen molar-refractivity contribution < 1.29 is 23.8 Å². The van der Waals surface area contributed by atoms with Gasteiger partial charge in [0.2, 0.25) is 6.79 Å². The van der Waals surface area contributed by atoms with Gasteiger partial charge in [0.05, 0.1) is 16.8 Å². The number of ether oxygens (including phenoxy) is 3. The fourth-order valence-electron chi connectivity index (χ4n) is 4.57. The summed E-state index contributed by atoms with van der Waals surface area (Å²) in [6.07, 6.45) is 4.53. The van der Waals surface area contributed by atoms with Crippen LogP contribution in [-0.2, 0) is 16.0 Å². The van der Waals surface area contributed by atoms with Crippen LogP contribution in [0.4, 0.5) is 0 Å². The van der Waals surface area contributed by atoms with E-state index in [9.17, 15) is 9.59 Å². The zero-order valence-corrected chi connectivity index (χ0v) is 20.1. The van der Waals surface area contributed by atoms with Crippen LogP contribution in [0.5, 0.6) is 11.5 Å². The number of amides is 1. The van der Waals surface area contributed by atoms with E-state index in [0.29, 0.717) is 12.0 Å². The Morgan fingerprint density at radius 1 is 1.09 bits per heavy atom. The Bertz CT molecular complexity index is 1350. The van der Waals surface area contributed by atoms with Crippen molar-refractivity contribution in [1.82, 2.24) is 10.3 Å². The molecule has 1 aromatic heterocycles. The van der Waals surface area contributed by atoms with Crippen LogP contribution in [0.2, 0.25) is 0 Å². The Morgan fingerprint density at radius 3 is 2.71 bits per heavy atom. The lowest BCUT2D eigenvalue weighted by Crippen LogP contribution is -2.42. The smallest absolute Gasteiger partial charge is 0.339 e. The summed E-state index contributed by atoms with van der Waals surface area (Å²) in [7, 11) is 0. The first-order chi connectivity index (χ1) is 16.8. The van der Waals surface area contributed by atoms with Gasteiger partial charge in [-0.05, 0) is 81.0 Å². The molecule has 0 radical (unpaired) electrons. The number of allylic oxidation sites excluding steroid dienone is 1. The molecule has 5 rings (SSSR count). The van der Waals surface area contributed by atoms with Crippen molar-refractivity contribution in [2.24, 2.45) is 0 Å². The maximum Gasteiger partial charge on any atom is 0.339 e. The molecule has 0 saturated carbocycles. The van der Waals surface area contributed by atoms with Crippen molar-refractivity contribution in [3.63, 3.8) is 0 Å². The molecule has 2 aromatic carbocycles. The van der Waals surface area contributed by atoms with E-state index in [2.05, 4.69) is 11.4 Å². The Kier molecular flexibility index (Phi) is 5.93. The number of hydrogen-bond acceptors (Lipinski definition) is 6. The number of esters is 1. The average molecular weight is 473 g/mol. The van der Waals surface area contributed by atoms with Gasteiger partial charge in [0.25, 0.3) is 5.91 Å². The lowest BCUT2D eigenvalue weighted by atomic mass is 9.86. The van der Waals surface area contributed by atoms with Crippen LogP contribution in [0.15, 0.2) is 42.5 Å². The third-order valence-electron chi connectivity index (χ3n) is 5.96. The number of hydrogen-bond donors (Lipinski definition) is 1. The monoisotopic (exact) mass is 472 g/mol. The number of para-hydroxylation sites is 1. The Hall–Kier alpha value is -3.87. The quantitative estimate of drug-likeness (QED) is 0.543. The molecule has 1 N–H and O–H groups in total. The van der Waals surface area contributed by atoms with Crippen molar-refractivity contribution in [3.8, 4) is 11.5 Å². The number of fused-ring (bicyclic) bond motifs is 3. The van der Waals surface area contributed by atoms with E-state index in [0.717, 1.165) is 57.6 Å². The largest absolute Gasteiger partial charge is 0.454 e. The summed E-state index contributed by atoms with van der Waals surface area (Å²) in [6.45, 7) is 5.54. The normalized spacial score (nSPS) is 15.7. The third kappa shape index (κ3) is 4.85. The number of pyridine rings is 1. The van der Waals surface area contributed by atoms with Crippen molar-refractivity contribution in [3.05, 3.63) is 64.8 Å². The minimum Gasteiger partial charge on any atom is -0.454 e. The molecule has 0 unspecified atom stereocenters. The molecule has 7 heteroatoms. The fraction of sp³-hybridized carbons (Fsp3) is 0.321.